The molecule has 24 heavy (non-hydrogen) atoms. The molecule has 0 fully saturated rings. The third-order valence-electron chi connectivity index (χ3n) is 4.33. The molecule has 1 aromatic carbocycles. The molecule has 5 nitrogen and oxygen atoms in total. The number of rotatable bonds is 5. The summed E-state index contributed by atoms with van der Waals surface area (Å²) in [6, 6.07) is 4.01. The summed E-state index contributed by atoms with van der Waals surface area (Å²) in [6.07, 6.45) is 2.06. The van der Waals surface area contributed by atoms with Crippen LogP contribution in [0.1, 0.15) is 28.2 Å². The standard InChI is InChI=1S/C18H22N2O3S/c1-12-19-15(11-24-12)4-5-18(21)20-7-6-13-8-16(22-2)17(23-3)9-14(13)10-20/h8-9,11H,4-7,10H2,1-3H3. The van der Waals surface area contributed by atoms with Crippen molar-refractivity contribution in [2.75, 3.05) is 20.8 Å². The summed E-state index contributed by atoms with van der Waals surface area (Å²) in [4.78, 5) is 18.9. The molecular formula is C18H22N2O3S. The van der Waals surface area contributed by atoms with Gasteiger partial charge >= 0.3 is 0 Å². The maximum Gasteiger partial charge on any atom is 0.223 e. The van der Waals surface area contributed by atoms with Gasteiger partial charge in [0, 0.05) is 24.9 Å². The first-order valence-corrected chi connectivity index (χ1v) is 8.91. The van der Waals surface area contributed by atoms with Crippen molar-refractivity contribution in [3.05, 3.63) is 39.3 Å². The van der Waals surface area contributed by atoms with Crippen LogP contribution in [0.25, 0.3) is 0 Å². The molecule has 2 heterocycles. The number of thiazole rings is 1. The molecule has 0 radical (unpaired) electrons. The summed E-state index contributed by atoms with van der Waals surface area (Å²) in [6.45, 7) is 3.36. The van der Waals surface area contributed by atoms with Crippen LogP contribution in [0.3, 0.4) is 0 Å². The maximum absolute atomic E-state index is 12.5. The van der Waals surface area contributed by atoms with Crippen molar-refractivity contribution in [3.8, 4) is 11.5 Å². The second-order valence-corrected chi connectivity index (χ2v) is 6.96. The molecule has 2 aromatic rings. The van der Waals surface area contributed by atoms with Gasteiger partial charge in [-0.2, -0.15) is 0 Å². The van der Waals surface area contributed by atoms with Gasteiger partial charge in [-0.3, -0.25) is 4.79 Å². The average molecular weight is 346 g/mol. The van der Waals surface area contributed by atoms with E-state index < -0.39 is 0 Å². The number of aryl methyl sites for hydroxylation is 2. The molecule has 0 saturated heterocycles. The summed E-state index contributed by atoms with van der Waals surface area (Å²) in [7, 11) is 3.27. The van der Waals surface area contributed by atoms with Crippen LogP contribution in [-0.4, -0.2) is 36.6 Å². The van der Waals surface area contributed by atoms with E-state index in [0.717, 1.165) is 35.0 Å². The fourth-order valence-corrected chi connectivity index (χ4v) is 3.66. The number of benzene rings is 1. The van der Waals surface area contributed by atoms with Crippen LogP contribution < -0.4 is 9.47 Å². The third kappa shape index (κ3) is 3.53. The monoisotopic (exact) mass is 346 g/mol. The molecule has 0 aliphatic carbocycles. The fraction of sp³-hybridized carbons (Fsp3) is 0.444. The Bertz CT molecular complexity index is 742. The molecule has 0 unspecified atom stereocenters. The lowest BCUT2D eigenvalue weighted by atomic mass is 9.98. The van der Waals surface area contributed by atoms with Crippen molar-refractivity contribution in [3.63, 3.8) is 0 Å². The van der Waals surface area contributed by atoms with Crippen molar-refractivity contribution < 1.29 is 14.3 Å². The van der Waals surface area contributed by atoms with Crippen LogP contribution in [0.5, 0.6) is 11.5 Å². The maximum atomic E-state index is 12.5. The lowest BCUT2D eigenvalue weighted by Crippen LogP contribution is -2.36. The summed E-state index contributed by atoms with van der Waals surface area (Å²) >= 11 is 1.63. The van der Waals surface area contributed by atoms with Gasteiger partial charge in [-0.15, -0.1) is 11.3 Å². The highest BCUT2D eigenvalue weighted by atomic mass is 32.1. The highest BCUT2D eigenvalue weighted by Gasteiger charge is 2.22. The van der Waals surface area contributed by atoms with Crippen molar-refractivity contribution in [2.45, 2.75) is 32.7 Å². The van der Waals surface area contributed by atoms with Crippen molar-refractivity contribution >= 4 is 17.2 Å². The Morgan fingerprint density at radius 3 is 2.58 bits per heavy atom. The molecule has 1 aliphatic heterocycles. The molecule has 0 bridgehead atoms. The van der Waals surface area contributed by atoms with Gasteiger partial charge in [0.1, 0.15) is 0 Å². The zero-order chi connectivity index (χ0) is 17.1. The number of amides is 1. The van der Waals surface area contributed by atoms with Gasteiger partial charge in [-0.05, 0) is 43.0 Å². The first-order valence-electron chi connectivity index (χ1n) is 8.03. The van der Waals surface area contributed by atoms with E-state index in [2.05, 4.69) is 4.98 Å². The van der Waals surface area contributed by atoms with Gasteiger partial charge in [0.15, 0.2) is 11.5 Å². The minimum Gasteiger partial charge on any atom is -0.493 e. The van der Waals surface area contributed by atoms with Crippen LogP contribution in [-0.2, 0) is 24.2 Å². The molecule has 128 valence electrons. The van der Waals surface area contributed by atoms with Crippen LogP contribution in [0.4, 0.5) is 0 Å². The SMILES string of the molecule is COc1cc2c(cc1OC)CN(C(=O)CCc1csc(C)n1)CC2. The lowest BCUT2D eigenvalue weighted by Gasteiger charge is -2.29. The molecule has 1 aliphatic rings. The van der Waals surface area contributed by atoms with Crippen LogP contribution in [0.15, 0.2) is 17.5 Å². The summed E-state index contributed by atoms with van der Waals surface area (Å²) < 4.78 is 10.7. The van der Waals surface area contributed by atoms with Crippen molar-refractivity contribution in [2.24, 2.45) is 0 Å². The van der Waals surface area contributed by atoms with Crippen molar-refractivity contribution in [1.82, 2.24) is 9.88 Å². The number of carbonyl (C=O) groups is 1. The Hall–Kier alpha value is -2.08. The van der Waals surface area contributed by atoms with Gasteiger partial charge in [0.25, 0.3) is 0 Å². The molecule has 0 N–H and O–H groups in total. The third-order valence-corrected chi connectivity index (χ3v) is 5.15. The van der Waals surface area contributed by atoms with Gasteiger partial charge in [0.05, 0.1) is 24.9 Å². The molecule has 0 spiro atoms. The number of ether oxygens (including phenoxy) is 2. The fourth-order valence-electron chi connectivity index (χ4n) is 3.01. The molecule has 0 atom stereocenters. The number of methoxy groups -OCH3 is 2. The Kier molecular flexibility index (Phi) is 5.04. The number of nitrogens with zero attached hydrogens (tertiary/aromatic N) is 2. The Morgan fingerprint density at radius 2 is 1.96 bits per heavy atom. The first kappa shape index (κ1) is 16.8. The summed E-state index contributed by atoms with van der Waals surface area (Å²) in [5, 5.41) is 3.08. The van der Waals surface area contributed by atoms with E-state index in [1.165, 1.54) is 5.56 Å². The number of hydrogen-bond donors (Lipinski definition) is 0. The van der Waals surface area contributed by atoms with E-state index in [9.17, 15) is 4.79 Å². The van der Waals surface area contributed by atoms with Gasteiger partial charge < -0.3 is 14.4 Å². The second kappa shape index (κ2) is 7.21. The van der Waals surface area contributed by atoms with E-state index in [0.29, 0.717) is 25.1 Å². The quantitative estimate of drug-likeness (QED) is 0.835. The Balaban J connectivity index is 1.66. The molecule has 6 heteroatoms. The highest BCUT2D eigenvalue weighted by molar-refractivity contribution is 7.09. The zero-order valence-electron chi connectivity index (χ0n) is 14.3. The first-order chi connectivity index (χ1) is 11.6. The Morgan fingerprint density at radius 1 is 1.25 bits per heavy atom. The number of aromatic nitrogens is 1. The normalized spacial score (nSPS) is 13.5. The lowest BCUT2D eigenvalue weighted by molar-refractivity contribution is -0.132. The van der Waals surface area contributed by atoms with Crippen LogP contribution >= 0.6 is 11.3 Å². The van der Waals surface area contributed by atoms with Crippen LogP contribution in [0, 0.1) is 6.92 Å². The second-order valence-electron chi connectivity index (χ2n) is 5.90. The summed E-state index contributed by atoms with van der Waals surface area (Å²) in [5.74, 6) is 1.64. The highest BCUT2D eigenvalue weighted by Crippen LogP contribution is 2.33. The number of carbonyl (C=O) groups excluding carboxylic acids is 1. The minimum atomic E-state index is 0.182. The predicted molar refractivity (Wildman–Crippen MR) is 93.8 cm³/mol. The van der Waals surface area contributed by atoms with E-state index in [4.69, 9.17) is 9.47 Å². The predicted octanol–water partition coefficient (Wildman–Crippen LogP) is 2.99. The van der Waals surface area contributed by atoms with Crippen molar-refractivity contribution in [1.29, 1.82) is 0 Å². The summed E-state index contributed by atoms with van der Waals surface area (Å²) in [5.41, 5.74) is 3.37. The van der Waals surface area contributed by atoms with E-state index in [1.807, 2.05) is 29.3 Å². The zero-order valence-corrected chi connectivity index (χ0v) is 15.1. The molecular weight excluding hydrogens is 324 g/mol. The van der Waals surface area contributed by atoms with E-state index >= 15 is 0 Å². The average Bonchev–Trinajstić information content (AvgIpc) is 3.03. The van der Waals surface area contributed by atoms with Gasteiger partial charge in [-0.1, -0.05) is 0 Å². The van der Waals surface area contributed by atoms with Gasteiger partial charge in [-0.25, -0.2) is 4.98 Å². The molecule has 0 saturated carbocycles. The molecule has 3 rings (SSSR count). The largest absolute Gasteiger partial charge is 0.493 e. The molecule has 1 amide bonds. The van der Waals surface area contributed by atoms with E-state index in [-0.39, 0.29) is 5.91 Å². The Labute approximate surface area is 146 Å². The minimum absolute atomic E-state index is 0.182. The molecule has 1 aromatic heterocycles. The number of hydrogen-bond acceptors (Lipinski definition) is 5. The smallest absolute Gasteiger partial charge is 0.223 e. The van der Waals surface area contributed by atoms with Gasteiger partial charge in [0.2, 0.25) is 5.91 Å². The number of fused-ring (bicyclic) bond motifs is 1. The van der Waals surface area contributed by atoms with Crippen LogP contribution in [0.2, 0.25) is 0 Å². The van der Waals surface area contributed by atoms with E-state index in [1.54, 1.807) is 25.6 Å². The topological polar surface area (TPSA) is 51.7 Å².